The summed E-state index contributed by atoms with van der Waals surface area (Å²) in [4.78, 5) is 19.8. The highest BCUT2D eigenvalue weighted by molar-refractivity contribution is 6.31. The minimum Gasteiger partial charge on any atom is -0.361 e. The number of nitrogens with zero attached hydrogens (tertiary/aromatic N) is 2. The molecule has 25 heavy (non-hydrogen) atoms. The first-order valence-corrected chi connectivity index (χ1v) is 8.54. The third-order valence-electron chi connectivity index (χ3n) is 4.06. The zero-order valence-electron chi connectivity index (χ0n) is 13.1. The fraction of sp³-hybridized carbons (Fsp3) is 0.111. The average Bonchev–Trinajstić information content (AvgIpc) is 3.18. The first kappa shape index (κ1) is 16.0. The van der Waals surface area contributed by atoms with Gasteiger partial charge in [0.2, 0.25) is 0 Å². The van der Waals surface area contributed by atoms with Crippen LogP contribution in [0.3, 0.4) is 0 Å². The van der Waals surface area contributed by atoms with Crippen LogP contribution in [0.4, 0.5) is 0 Å². The van der Waals surface area contributed by atoms with Crippen LogP contribution in [0.25, 0.3) is 16.6 Å². The summed E-state index contributed by atoms with van der Waals surface area (Å²) in [7, 11) is 0. The van der Waals surface area contributed by atoms with Gasteiger partial charge in [-0.25, -0.2) is 4.98 Å². The Balaban J connectivity index is 1.45. The van der Waals surface area contributed by atoms with E-state index >= 15 is 0 Å². The van der Waals surface area contributed by atoms with E-state index in [1.54, 1.807) is 28.9 Å². The van der Waals surface area contributed by atoms with Crippen molar-refractivity contribution in [1.29, 1.82) is 0 Å². The molecule has 7 heteroatoms. The number of benzene rings is 1. The van der Waals surface area contributed by atoms with Gasteiger partial charge >= 0.3 is 0 Å². The van der Waals surface area contributed by atoms with Gasteiger partial charge in [-0.05, 0) is 42.3 Å². The van der Waals surface area contributed by atoms with Crippen molar-refractivity contribution in [3.63, 3.8) is 0 Å². The van der Waals surface area contributed by atoms with Crippen molar-refractivity contribution >= 4 is 45.7 Å². The lowest BCUT2D eigenvalue weighted by atomic mass is 10.1. The van der Waals surface area contributed by atoms with E-state index in [1.807, 2.05) is 24.4 Å². The van der Waals surface area contributed by atoms with Crippen LogP contribution in [0.5, 0.6) is 0 Å². The maximum absolute atomic E-state index is 12.3. The van der Waals surface area contributed by atoms with Crippen molar-refractivity contribution in [2.24, 2.45) is 0 Å². The van der Waals surface area contributed by atoms with E-state index in [2.05, 4.69) is 15.3 Å². The Morgan fingerprint density at radius 1 is 1.16 bits per heavy atom. The predicted octanol–water partition coefficient (Wildman–Crippen LogP) is 4.09. The van der Waals surface area contributed by atoms with Crippen LogP contribution >= 0.6 is 23.2 Å². The van der Waals surface area contributed by atoms with Crippen molar-refractivity contribution in [1.82, 2.24) is 19.7 Å². The second-order valence-electron chi connectivity index (χ2n) is 5.75. The smallest absolute Gasteiger partial charge is 0.271 e. The summed E-state index contributed by atoms with van der Waals surface area (Å²) < 4.78 is 1.74. The van der Waals surface area contributed by atoms with Crippen molar-refractivity contribution in [3.05, 3.63) is 70.2 Å². The van der Waals surface area contributed by atoms with E-state index in [9.17, 15) is 4.79 Å². The highest BCUT2D eigenvalue weighted by Gasteiger charge is 2.11. The molecule has 4 rings (SSSR count). The van der Waals surface area contributed by atoms with Crippen molar-refractivity contribution < 1.29 is 4.79 Å². The number of imidazole rings is 1. The molecule has 2 N–H and O–H groups in total. The highest BCUT2D eigenvalue weighted by atomic mass is 35.5. The summed E-state index contributed by atoms with van der Waals surface area (Å²) in [5.41, 5.74) is 3.19. The first-order chi connectivity index (χ1) is 12.1. The van der Waals surface area contributed by atoms with Gasteiger partial charge in [0.05, 0.1) is 5.02 Å². The van der Waals surface area contributed by atoms with E-state index in [0.717, 1.165) is 16.5 Å². The molecular weight excluding hydrogens is 359 g/mol. The molecule has 3 aromatic heterocycles. The molecule has 4 aromatic rings. The second-order valence-corrected chi connectivity index (χ2v) is 6.62. The maximum Gasteiger partial charge on any atom is 0.271 e. The fourth-order valence-electron chi connectivity index (χ4n) is 2.83. The fourth-order valence-corrected chi connectivity index (χ4v) is 3.17. The normalized spacial score (nSPS) is 11.3. The number of carbonyl (C=O) groups is 1. The minimum atomic E-state index is -0.210. The molecule has 0 aliphatic carbocycles. The third kappa shape index (κ3) is 3.21. The number of halogens is 2. The molecule has 1 aromatic carbocycles. The Hall–Kier alpha value is -2.50. The molecule has 0 radical (unpaired) electrons. The Labute approximate surface area is 153 Å². The molecule has 0 aliphatic heterocycles. The lowest BCUT2D eigenvalue weighted by Gasteiger charge is -2.03. The molecule has 1 amide bonds. The van der Waals surface area contributed by atoms with Crippen molar-refractivity contribution in [3.8, 4) is 0 Å². The Bertz CT molecular complexity index is 1080. The number of nitrogens with one attached hydrogen (secondary N) is 2. The summed E-state index contributed by atoms with van der Waals surface area (Å²) in [6, 6.07) is 9.24. The van der Waals surface area contributed by atoms with Gasteiger partial charge in [0.15, 0.2) is 0 Å². The molecule has 3 heterocycles. The zero-order chi connectivity index (χ0) is 17.4. The molecule has 0 aliphatic rings. The number of fused-ring (bicyclic) bond motifs is 2. The van der Waals surface area contributed by atoms with Gasteiger partial charge in [0, 0.05) is 41.1 Å². The summed E-state index contributed by atoms with van der Waals surface area (Å²) in [5.74, 6) is -0.210. The van der Waals surface area contributed by atoms with Crippen LogP contribution in [0.15, 0.2) is 48.9 Å². The van der Waals surface area contributed by atoms with E-state index < -0.39 is 0 Å². The van der Waals surface area contributed by atoms with E-state index in [-0.39, 0.29) is 5.91 Å². The molecule has 0 saturated heterocycles. The standard InChI is InChI=1S/C18H14Cl2N4O/c19-12-1-3-15-14(7-12)11(8-22-15)5-6-21-18(25)16-10-24-9-13(20)2-4-17(24)23-16/h1-4,7-10,22H,5-6H2,(H,21,25). The summed E-state index contributed by atoms with van der Waals surface area (Å²) in [5, 5.41) is 5.26. The van der Waals surface area contributed by atoms with E-state index in [0.29, 0.717) is 34.4 Å². The van der Waals surface area contributed by atoms with Gasteiger partial charge < -0.3 is 14.7 Å². The van der Waals surface area contributed by atoms with E-state index in [1.165, 1.54) is 0 Å². The molecule has 5 nitrogen and oxygen atoms in total. The van der Waals surface area contributed by atoms with Gasteiger partial charge in [-0.15, -0.1) is 0 Å². The number of amides is 1. The van der Waals surface area contributed by atoms with Gasteiger partial charge in [0.1, 0.15) is 11.3 Å². The zero-order valence-corrected chi connectivity index (χ0v) is 14.6. The Morgan fingerprint density at radius 2 is 2.00 bits per heavy atom. The molecule has 0 fully saturated rings. The number of rotatable bonds is 4. The summed E-state index contributed by atoms with van der Waals surface area (Å²) in [6.07, 6.45) is 6.03. The Morgan fingerprint density at radius 3 is 2.88 bits per heavy atom. The number of H-pyrrole nitrogens is 1. The SMILES string of the molecule is O=C(NCCc1c[nH]c2ccc(Cl)cc12)c1cn2cc(Cl)ccc2n1. The number of hydrogen-bond donors (Lipinski definition) is 2. The molecule has 0 spiro atoms. The molecule has 0 saturated carbocycles. The maximum atomic E-state index is 12.3. The van der Waals surface area contributed by atoms with Crippen LogP contribution < -0.4 is 5.32 Å². The number of hydrogen-bond acceptors (Lipinski definition) is 2. The molecule has 0 bridgehead atoms. The van der Waals surface area contributed by atoms with Gasteiger partial charge in [-0.2, -0.15) is 0 Å². The van der Waals surface area contributed by atoms with Crippen molar-refractivity contribution in [2.45, 2.75) is 6.42 Å². The number of pyridine rings is 1. The number of aromatic nitrogens is 3. The Kier molecular flexibility index (Phi) is 4.11. The summed E-state index contributed by atoms with van der Waals surface area (Å²) in [6.45, 7) is 0.507. The monoisotopic (exact) mass is 372 g/mol. The topological polar surface area (TPSA) is 62.2 Å². The quantitative estimate of drug-likeness (QED) is 0.566. The predicted molar refractivity (Wildman–Crippen MR) is 99.5 cm³/mol. The molecule has 0 unspecified atom stereocenters. The number of aromatic amines is 1. The van der Waals surface area contributed by atoms with Crippen LogP contribution in [0.1, 0.15) is 16.1 Å². The average molecular weight is 373 g/mol. The molecule has 0 atom stereocenters. The van der Waals surface area contributed by atoms with Gasteiger partial charge in [-0.1, -0.05) is 23.2 Å². The summed E-state index contributed by atoms with van der Waals surface area (Å²) >= 11 is 12.0. The van der Waals surface area contributed by atoms with E-state index in [4.69, 9.17) is 23.2 Å². The third-order valence-corrected chi connectivity index (χ3v) is 4.52. The van der Waals surface area contributed by atoms with Crippen LogP contribution in [0, 0.1) is 0 Å². The van der Waals surface area contributed by atoms with Crippen LogP contribution in [0.2, 0.25) is 10.0 Å². The number of carbonyl (C=O) groups excluding carboxylic acids is 1. The van der Waals surface area contributed by atoms with Gasteiger partial charge in [-0.3, -0.25) is 4.79 Å². The molecule has 126 valence electrons. The second kappa shape index (κ2) is 6.43. The largest absolute Gasteiger partial charge is 0.361 e. The minimum absolute atomic E-state index is 0.210. The molecular formula is C18H14Cl2N4O. The lowest BCUT2D eigenvalue weighted by molar-refractivity contribution is 0.0950. The van der Waals surface area contributed by atoms with Crippen LogP contribution in [-0.2, 0) is 6.42 Å². The van der Waals surface area contributed by atoms with Crippen LogP contribution in [-0.4, -0.2) is 26.8 Å². The lowest BCUT2D eigenvalue weighted by Crippen LogP contribution is -2.25. The van der Waals surface area contributed by atoms with Crippen molar-refractivity contribution in [2.75, 3.05) is 6.54 Å². The highest BCUT2D eigenvalue weighted by Crippen LogP contribution is 2.22. The first-order valence-electron chi connectivity index (χ1n) is 7.78. The van der Waals surface area contributed by atoms with Gasteiger partial charge in [0.25, 0.3) is 5.91 Å².